The van der Waals surface area contributed by atoms with E-state index < -0.39 is 12.0 Å². The van der Waals surface area contributed by atoms with Crippen LogP contribution >= 0.6 is 11.6 Å². The van der Waals surface area contributed by atoms with Crippen LogP contribution in [0.25, 0.3) is 23.0 Å². The average molecular weight is 603 g/mol. The highest BCUT2D eigenvalue weighted by Crippen LogP contribution is 2.30. The summed E-state index contributed by atoms with van der Waals surface area (Å²) in [4.78, 5) is 51.7. The Balaban J connectivity index is 1.47. The molecule has 220 valence electrons. The van der Waals surface area contributed by atoms with Crippen LogP contribution in [0.1, 0.15) is 24.2 Å². The number of hydrogen-bond donors (Lipinski definition) is 3. The number of nitrogens with one attached hydrogen (secondary N) is 3. The van der Waals surface area contributed by atoms with E-state index in [1.54, 1.807) is 48.7 Å². The standard InChI is InChI=1S/C28H27ClN10O4/c1-38-11-9-21(33-25(40)8-3-17-13-18(29)4-7-24(17)39-16-31-36-37-39)27-30-15-23(35-27)20-6-5-19(32-28(42)43-2)14-22(20)34-26(41)10-12-38/h3-8,13-16H,9-12H2,1-2H3,(H,30,35)(H,32,42)(H,34,41)/b8-3+,33-21?. The van der Waals surface area contributed by atoms with Crippen molar-refractivity contribution in [2.45, 2.75) is 12.8 Å². The van der Waals surface area contributed by atoms with Gasteiger partial charge >= 0.3 is 6.09 Å². The molecule has 0 fully saturated rings. The van der Waals surface area contributed by atoms with Crippen molar-refractivity contribution in [3.8, 4) is 16.9 Å². The Morgan fingerprint density at radius 3 is 2.79 bits per heavy atom. The summed E-state index contributed by atoms with van der Waals surface area (Å²) in [5.41, 5.74) is 3.84. The number of imidazole rings is 1. The topological polar surface area (TPSA) is 172 Å². The molecule has 5 rings (SSSR count). The number of tetrazole rings is 1. The van der Waals surface area contributed by atoms with Gasteiger partial charge in [0.2, 0.25) is 5.91 Å². The van der Waals surface area contributed by atoms with Crippen LogP contribution in [-0.2, 0) is 14.3 Å². The minimum Gasteiger partial charge on any atom is -0.453 e. The largest absolute Gasteiger partial charge is 0.453 e. The fourth-order valence-electron chi connectivity index (χ4n) is 4.35. The first-order chi connectivity index (χ1) is 20.8. The number of fused-ring (bicyclic) bond motifs is 4. The molecule has 2 bridgehead atoms. The third-order valence-corrected chi connectivity index (χ3v) is 6.79. The van der Waals surface area contributed by atoms with E-state index >= 15 is 0 Å². The maximum absolute atomic E-state index is 13.1. The van der Waals surface area contributed by atoms with Crippen molar-refractivity contribution in [1.29, 1.82) is 0 Å². The van der Waals surface area contributed by atoms with E-state index in [0.29, 0.717) is 70.0 Å². The molecule has 14 nitrogen and oxygen atoms in total. The van der Waals surface area contributed by atoms with Crippen LogP contribution in [0.15, 0.2) is 60.0 Å². The molecule has 0 spiro atoms. The maximum atomic E-state index is 13.1. The van der Waals surface area contributed by atoms with Gasteiger partial charge < -0.3 is 19.9 Å². The van der Waals surface area contributed by atoms with E-state index in [1.165, 1.54) is 24.2 Å². The number of methoxy groups -OCH3 is 1. The molecule has 0 aliphatic carbocycles. The molecular weight excluding hydrogens is 576 g/mol. The number of aliphatic imine (C=N–C) groups is 1. The molecule has 0 atom stereocenters. The van der Waals surface area contributed by atoms with Crippen molar-refractivity contribution < 1.29 is 19.1 Å². The number of benzene rings is 2. The number of halogens is 1. The number of H-pyrrole nitrogens is 1. The summed E-state index contributed by atoms with van der Waals surface area (Å²) in [6, 6.07) is 10.2. The monoisotopic (exact) mass is 602 g/mol. The second kappa shape index (κ2) is 13.2. The normalized spacial score (nSPS) is 15.2. The van der Waals surface area contributed by atoms with Crippen LogP contribution in [0.5, 0.6) is 0 Å². The highest BCUT2D eigenvalue weighted by molar-refractivity contribution is 6.30. The Labute approximate surface area is 250 Å². The predicted molar refractivity (Wildman–Crippen MR) is 160 cm³/mol. The number of rotatable bonds is 4. The van der Waals surface area contributed by atoms with E-state index in [9.17, 15) is 14.4 Å². The summed E-state index contributed by atoms with van der Waals surface area (Å²) < 4.78 is 6.14. The highest BCUT2D eigenvalue weighted by atomic mass is 35.5. The van der Waals surface area contributed by atoms with Crippen LogP contribution in [0, 0.1) is 0 Å². The van der Waals surface area contributed by atoms with Gasteiger partial charge in [-0.3, -0.25) is 14.9 Å². The average Bonchev–Trinajstić information content (AvgIpc) is 3.70. The SMILES string of the molecule is COC(=O)Nc1ccc2c(c1)NC(=O)CCN(C)CCC(=NC(=O)/C=C/c1cc(Cl)ccc1-n1cnnn1)c1ncc-2[nH]1. The van der Waals surface area contributed by atoms with Gasteiger partial charge in [0.1, 0.15) is 6.33 Å². The Morgan fingerprint density at radius 2 is 2.00 bits per heavy atom. The van der Waals surface area contributed by atoms with Crippen molar-refractivity contribution in [2.24, 2.45) is 4.99 Å². The lowest BCUT2D eigenvalue weighted by Gasteiger charge is -2.17. The lowest BCUT2D eigenvalue weighted by atomic mass is 10.1. The summed E-state index contributed by atoms with van der Waals surface area (Å²) in [7, 11) is 3.15. The van der Waals surface area contributed by atoms with Crippen LogP contribution in [0.2, 0.25) is 5.02 Å². The minimum atomic E-state index is -0.636. The highest BCUT2D eigenvalue weighted by Gasteiger charge is 2.18. The zero-order chi connectivity index (χ0) is 30.3. The van der Waals surface area contributed by atoms with E-state index in [4.69, 9.17) is 11.6 Å². The number of carbonyl (C=O) groups excluding carboxylic acids is 3. The maximum Gasteiger partial charge on any atom is 0.411 e. The van der Waals surface area contributed by atoms with Crippen molar-refractivity contribution in [3.05, 3.63) is 71.4 Å². The number of aromatic amines is 1. The van der Waals surface area contributed by atoms with Gasteiger partial charge in [-0.25, -0.2) is 14.8 Å². The zero-order valence-electron chi connectivity index (χ0n) is 23.2. The van der Waals surface area contributed by atoms with Crippen molar-refractivity contribution in [2.75, 3.05) is 37.9 Å². The number of hydrogen-bond acceptors (Lipinski definition) is 9. The van der Waals surface area contributed by atoms with Gasteiger partial charge in [0, 0.05) is 53.8 Å². The quantitative estimate of drug-likeness (QED) is 0.295. The van der Waals surface area contributed by atoms with Crippen LogP contribution in [-0.4, -0.2) is 85.9 Å². The fraction of sp³-hybridized carbons (Fsp3) is 0.214. The van der Waals surface area contributed by atoms with Crippen molar-refractivity contribution in [1.82, 2.24) is 35.1 Å². The molecule has 0 saturated carbocycles. The second-order valence-electron chi connectivity index (χ2n) is 9.56. The van der Waals surface area contributed by atoms with Gasteiger partial charge in [-0.05, 0) is 59.9 Å². The summed E-state index contributed by atoms with van der Waals surface area (Å²) in [5, 5.41) is 17.2. The molecule has 3 N–H and O–H groups in total. The third kappa shape index (κ3) is 7.36. The lowest BCUT2D eigenvalue weighted by molar-refractivity contribution is -0.116. The lowest BCUT2D eigenvalue weighted by Crippen LogP contribution is -2.27. The third-order valence-electron chi connectivity index (χ3n) is 6.55. The molecule has 1 aliphatic heterocycles. The molecular formula is C28H27ClN10O4. The number of carbonyl (C=O) groups is 3. The molecule has 0 unspecified atom stereocenters. The van der Waals surface area contributed by atoms with E-state index in [0.717, 1.165) is 0 Å². The van der Waals surface area contributed by atoms with Gasteiger partial charge in [0.05, 0.1) is 36.1 Å². The van der Waals surface area contributed by atoms with E-state index in [2.05, 4.69) is 45.9 Å². The molecule has 3 amide bonds. The first-order valence-electron chi connectivity index (χ1n) is 13.1. The Morgan fingerprint density at radius 1 is 1.16 bits per heavy atom. The van der Waals surface area contributed by atoms with Gasteiger partial charge in [-0.2, -0.15) is 4.68 Å². The molecule has 15 heteroatoms. The van der Waals surface area contributed by atoms with Crippen molar-refractivity contribution in [3.63, 3.8) is 0 Å². The fourth-order valence-corrected chi connectivity index (χ4v) is 4.53. The van der Waals surface area contributed by atoms with Gasteiger partial charge in [0.15, 0.2) is 5.82 Å². The molecule has 0 saturated heterocycles. The predicted octanol–water partition coefficient (Wildman–Crippen LogP) is 3.58. The summed E-state index contributed by atoms with van der Waals surface area (Å²) in [6.07, 6.45) is 5.98. The first-order valence-corrected chi connectivity index (χ1v) is 13.5. The van der Waals surface area contributed by atoms with Gasteiger partial charge in [-0.1, -0.05) is 11.6 Å². The molecule has 3 heterocycles. The van der Waals surface area contributed by atoms with Gasteiger partial charge in [0.25, 0.3) is 5.91 Å². The molecule has 2 aromatic heterocycles. The number of ether oxygens (including phenoxy) is 1. The zero-order valence-corrected chi connectivity index (χ0v) is 24.0. The van der Waals surface area contributed by atoms with E-state index in [1.807, 2.05) is 11.9 Å². The van der Waals surface area contributed by atoms with Crippen LogP contribution < -0.4 is 10.6 Å². The number of aromatic nitrogens is 6. The molecule has 0 radical (unpaired) electrons. The second-order valence-corrected chi connectivity index (χ2v) is 10.00. The van der Waals surface area contributed by atoms with Crippen molar-refractivity contribution >= 4 is 52.7 Å². The first kappa shape index (κ1) is 29.3. The van der Waals surface area contributed by atoms with Crippen LogP contribution in [0.3, 0.4) is 0 Å². The Hall–Kier alpha value is -5.21. The molecule has 2 aromatic carbocycles. The minimum absolute atomic E-state index is 0.196. The summed E-state index contributed by atoms with van der Waals surface area (Å²) >= 11 is 6.20. The smallest absolute Gasteiger partial charge is 0.411 e. The summed E-state index contributed by atoms with van der Waals surface area (Å²) in [5.74, 6) is -0.285. The van der Waals surface area contributed by atoms with Crippen LogP contribution in [0.4, 0.5) is 16.2 Å². The number of anilines is 2. The Kier molecular flexibility index (Phi) is 8.98. The molecule has 43 heavy (non-hydrogen) atoms. The Bertz CT molecular complexity index is 1710. The number of nitrogens with zero attached hydrogens (tertiary/aromatic N) is 7. The molecule has 4 aromatic rings. The van der Waals surface area contributed by atoms with E-state index in [-0.39, 0.29) is 12.3 Å². The summed E-state index contributed by atoms with van der Waals surface area (Å²) in [6.45, 7) is 0.997. The number of amides is 3. The molecule has 1 aliphatic rings. The van der Waals surface area contributed by atoms with Gasteiger partial charge in [-0.15, -0.1) is 5.10 Å².